The van der Waals surface area contributed by atoms with Gasteiger partial charge in [0.05, 0.1) is 19.3 Å². The number of hydrogen-bond acceptors (Lipinski definition) is 5. The summed E-state index contributed by atoms with van der Waals surface area (Å²) in [5.41, 5.74) is 0.365. The molecule has 5 amide bonds. The zero-order valence-electron chi connectivity index (χ0n) is 13.5. The lowest BCUT2D eigenvalue weighted by Gasteiger charge is -2.22. The molecule has 0 saturated carbocycles. The van der Waals surface area contributed by atoms with Gasteiger partial charge < -0.3 is 10.6 Å². The fourth-order valence-electron chi connectivity index (χ4n) is 2.08. The number of hydrogen-bond donors (Lipinski definition) is 2. The number of carbonyl (C=O) groups is 3. The van der Waals surface area contributed by atoms with E-state index in [4.69, 9.17) is 0 Å². The Kier molecular flexibility index (Phi) is 6.29. The fourth-order valence-corrected chi connectivity index (χ4v) is 2.87. The number of likely N-dealkylation sites (N-methyl/N-ethyl adjacent to an activating group) is 1. The van der Waals surface area contributed by atoms with Gasteiger partial charge in [-0.2, -0.15) is 0 Å². The van der Waals surface area contributed by atoms with Gasteiger partial charge in [0, 0.05) is 7.05 Å². The third kappa shape index (κ3) is 4.22. The van der Waals surface area contributed by atoms with E-state index in [9.17, 15) is 22.8 Å². The Morgan fingerprint density at radius 3 is 2.33 bits per heavy atom. The molecular formula is C14H20N4O5S. The van der Waals surface area contributed by atoms with Crippen molar-refractivity contribution in [2.75, 3.05) is 26.4 Å². The second-order valence-corrected chi connectivity index (χ2v) is 6.78. The number of allylic oxidation sites excluding steroid dienone is 2. The Morgan fingerprint density at radius 2 is 1.92 bits per heavy atom. The van der Waals surface area contributed by atoms with E-state index in [0.717, 1.165) is 11.2 Å². The van der Waals surface area contributed by atoms with Crippen molar-refractivity contribution >= 4 is 28.0 Å². The van der Waals surface area contributed by atoms with Crippen molar-refractivity contribution in [1.82, 2.24) is 19.8 Å². The van der Waals surface area contributed by atoms with Crippen molar-refractivity contribution in [3.63, 3.8) is 0 Å². The molecule has 0 aromatic heterocycles. The lowest BCUT2D eigenvalue weighted by molar-refractivity contribution is -0.121. The van der Waals surface area contributed by atoms with Gasteiger partial charge in [-0.05, 0) is 5.57 Å². The van der Waals surface area contributed by atoms with Crippen molar-refractivity contribution in [3.8, 4) is 0 Å². The maximum absolute atomic E-state index is 12.3. The third-order valence-corrected chi connectivity index (χ3v) is 4.41. The first kappa shape index (κ1) is 19.4. The summed E-state index contributed by atoms with van der Waals surface area (Å²) in [5.74, 6) is -0.525. The van der Waals surface area contributed by atoms with Gasteiger partial charge in [0.15, 0.2) is 0 Å². The van der Waals surface area contributed by atoms with Crippen molar-refractivity contribution in [2.45, 2.75) is 6.04 Å². The van der Waals surface area contributed by atoms with E-state index in [0.29, 0.717) is 9.88 Å². The largest absolute Gasteiger partial charge is 0.357 e. The molecule has 1 aliphatic heterocycles. The molecule has 1 heterocycles. The van der Waals surface area contributed by atoms with E-state index >= 15 is 0 Å². The third-order valence-electron chi connectivity index (χ3n) is 3.27. The van der Waals surface area contributed by atoms with Crippen LogP contribution in [0, 0.1) is 0 Å². The summed E-state index contributed by atoms with van der Waals surface area (Å²) in [6, 6.07) is -2.94. The fraction of sp³-hybridized carbons (Fsp3) is 0.357. The molecule has 1 saturated heterocycles. The highest BCUT2D eigenvalue weighted by atomic mass is 32.2. The lowest BCUT2D eigenvalue weighted by Crippen LogP contribution is -2.52. The number of nitrogens with zero attached hydrogens (tertiary/aromatic N) is 2. The zero-order valence-corrected chi connectivity index (χ0v) is 14.3. The SMILES string of the molecule is C=C/C=C(\C=C)C(NC(=O)N1CCN(S(C)(=O)=O)C1=O)C(=O)NC. The summed E-state index contributed by atoms with van der Waals surface area (Å²) in [6.07, 6.45) is 5.16. The van der Waals surface area contributed by atoms with E-state index in [1.54, 1.807) is 0 Å². The summed E-state index contributed by atoms with van der Waals surface area (Å²) < 4.78 is 23.5. The molecule has 0 aromatic carbocycles. The first-order valence-electron chi connectivity index (χ1n) is 6.93. The van der Waals surface area contributed by atoms with Gasteiger partial charge in [-0.15, -0.1) is 0 Å². The van der Waals surface area contributed by atoms with Gasteiger partial charge in [0.2, 0.25) is 15.9 Å². The van der Waals surface area contributed by atoms with Crippen molar-refractivity contribution in [2.24, 2.45) is 0 Å². The summed E-state index contributed by atoms with van der Waals surface area (Å²) in [5, 5.41) is 4.79. The minimum atomic E-state index is -3.76. The van der Waals surface area contributed by atoms with Gasteiger partial charge in [-0.3, -0.25) is 4.79 Å². The first-order valence-corrected chi connectivity index (χ1v) is 8.78. The lowest BCUT2D eigenvalue weighted by atomic mass is 10.1. The van der Waals surface area contributed by atoms with E-state index < -0.39 is 34.0 Å². The van der Waals surface area contributed by atoms with Crippen LogP contribution in [0.15, 0.2) is 37.0 Å². The Morgan fingerprint density at radius 1 is 1.29 bits per heavy atom. The predicted octanol–water partition coefficient (Wildman–Crippen LogP) is -0.194. The van der Waals surface area contributed by atoms with Gasteiger partial charge >= 0.3 is 12.1 Å². The van der Waals surface area contributed by atoms with Gasteiger partial charge in [-0.25, -0.2) is 27.2 Å². The summed E-state index contributed by atoms with van der Waals surface area (Å²) in [7, 11) is -2.36. The Balaban J connectivity index is 3.00. The molecule has 0 aliphatic carbocycles. The van der Waals surface area contributed by atoms with Gasteiger partial charge in [-0.1, -0.05) is 31.4 Å². The van der Waals surface area contributed by atoms with E-state index in [2.05, 4.69) is 23.8 Å². The molecule has 132 valence electrons. The molecule has 0 aromatic rings. The first-order chi connectivity index (χ1) is 11.2. The molecule has 1 rings (SSSR count). The van der Waals surface area contributed by atoms with E-state index in [1.807, 2.05) is 0 Å². The smallest absolute Gasteiger partial charge is 0.341 e. The quantitative estimate of drug-likeness (QED) is 0.640. The Bertz CT molecular complexity index is 698. The molecule has 0 bridgehead atoms. The highest BCUT2D eigenvalue weighted by Crippen LogP contribution is 2.14. The maximum Gasteiger partial charge on any atom is 0.341 e. The highest BCUT2D eigenvalue weighted by molar-refractivity contribution is 7.88. The number of sulfonamides is 1. The number of imide groups is 1. The normalized spacial score (nSPS) is 16.6. The molecule has 1 aliphatic rings. The molecule has 1 atom stereocenters. The van der Waals surface area contributed by atoms with Crippen LogP contribution >= 0.6 is 0 Å². The van der Waals surface area contributed by atoms with Crippen LogP contribution in [0.5, 0.6) is 0 Å². The number of urea groups is 2. The van der Waals surface area contributed by atoms with E-state index in [-0.39, 0.29) is 13.1 Å². The zero-order chi connectivity index (χ0) is 18.5. The molecule has 24 heavy (non-hydrogen) atoms. The van der Waals surface area contributed by atoms with E-state index in [1.165, 1.54) is 25.3 Å². The van der Waals surface area contributed by atoms with Crippen LogP contribution in [-0.4, -0.2) is 68.0 Å². The predicted molar refractivity (Wildman–Crippen MR) is 88.5 cm³/mol. The molecule has 0 radical (unpaired) electrons. The molecule has 9 nitrogen and oxygen atoms in total. The summed E-state index contributed by atoms with van der Waals surface area (Å²) in [4.78, 5) is 37.0. The van der Waals surface area contributed by atoms with Gasteiger partial charge in [0.1, 0.15) is 6.04 Å². The van der Waals surface area contributed by atoms with Crippen molar-refractivity contribution < 1.29 is 22.8 Å². The molecule has 1 fully saturated rings. The molecule has 2 N–H and O–H groups in total. The maximum atomic E-state index is 12.3. The number of amides is 5. The average molecular weight is 356 g/mol. The Labute approximate surface area is 140 Å². The number of rotatable bonds is 6. The molecular weight excluding hydrogens is 336 g/mol. The van der Waals surface area contributed by atoms with Crippen molar-refractivity contribution in [3.05, 3.63) is 37.0 Å². The van der Waals surface area contributed by atoms with Crippen LogP contribution in [0.1, 0.15) is 0 Å². The number of nitrogens with one attached hydrogen (secondary N) is 2. The highest BCUT2D eigenvalue weighted by Gasteiger charge is 2.39. The summed E-state index contributed by atoms with van der Waals surface area (Å²) in [6.45, 7) is 6.84. The minimum Gasteiger partial charge on any atom is -0.357 e. The van der Waals surface area contributed by atoms with Crippen LogP contribution in [0.2, 0.25) is 0 Å². The van der Waals surface area contributed by atoms with Gasteiger partial charge in [0.25, 0.3) is 0 Å². The topological polar surface area (TPSA) is 116 Å². The molecule has 0 spiro atoms. The van der Waals surface area contributed by atoms with Crippen LogP contribution < -0.4 is 10.6 Å². The Hall–Kier alpha value is -2.62. The van der Waals surface area contributed by atoms with Crippen LogP contribution in [0.3, 0.4) is 0 Å². The second kappa shape index (κ2) is 7.77. The summed E-state index contributed by atoms with van der Waals surface area (Å²) >= 11 is 0. The molecule has 10 heteroatoms. The minimum absolute atomic E-state index is 0.104. The number of carbonyl (C=O) groups excluding carboxylic acids is 3. The standard InChI is InChI=1S/C14H20N4O5S/c1-5-7-10(6-2)11(12(19)15-3)16-13(20)17-8-9-18(14(17)21)24(4,22)23/h5-7,11H,1-2,8-9H2,3-4H3,(H,15,19)(H,16,20)/b10-7+. The van der Waals surface area contributed by atoms with Crippen LogP contribution in [0.25, 0.3) is 0 Å². The average Bonchev–Trinajstić information content (AvgIpc) is 2.91. The van der Waals surface area contributed by atoms with Crippen LogP contribution in [-0.2, 0) is 14.8 Å². The molecule has 1 unspecified atom stereocenters. The second-order valence-electron chi connectivity index (χ2n) is 4.87. The van der Waals surface area contributed by atoms with Crippen molar-refractivity contribution in [1.29, 1.82) is 0 Å². The monoisotopic (exact) mass is 356 g/mol. The van der Waals surface area contributed by atoms with Crippen LogP contribution in [0.4, 0.5) is 9.59 Å².